The van der Waals surface area contributed by atoms with Crippen LogP contribution in [-0.2, 0) is 19.3 Å². The highest BCUT2D eigenvalue weighted by molar-refractivity contribution is 5.35. The third-order valence-corrected chi connectivity index (χ3v) is 6.09. The lowest BCUT2D eigenvalue weighted by molar-refractivity contribution is 0.151. The van der Waals surface area contributed by atoms with Crippen LogP contribution in [0.5, 0.6) is 0 Å². The Morgan fingerprint density at radius 1 is 1.10 bits per heavy atom. The molecule has 0 spiro atoms. The van der Waals surface area contributed by atoms with E-state index < -0.39 is 0 Å². The quantitative estimate of drug-likeness (QED) is 0.873. The number of hydrogen-bond donors (Lipinski definition) is 1. The molecule has 3 unspecified atom stereocenters. The van der Waals surface area contributed by atoms with Crippen molar-refractivity contribution in [2.45, 2.75) is 58.8 Å². The zero-order chi connectivity index (χ0) is 14.8. The third-order valence-electron chi connectivity index (χ3n) is 6.09. The van der Waals surface area contributed by atoms with Crippen molar-refractivity contribution in [2.75, 3.05) is 6.54 Å². The largest absolute Gasteiger partial charge is 0.330 e. The van der Waals surface area contributed by atoms with E-state index in [1.165, 1.54) is 44.9 Å². The molecule has 0 saturated heterocycles. The molecule has 1 fully saturated rings. The maximum atomic E-state index is 6.06. The van der Waals surface area contributed by atoms with Crippen LogP contribution in [0.3, 0.4) is 0 Å². The first kappa shape index (κ1) is 15.1. The molecule has 1 saturated carbocycles. The Morgan fingerprint density at radius 2 is 1.90 bits per heavy atom. The molecule has 1 heteroatoms. The molecule has 0 aromatic heterocycles. The molecule has 0 bridgehead atoms. The summed E-state index contributed by atoms with van der Waals surface area (Å²) in [6.07, 6.45) is 9.30. The second-order valence-electron chi connectivity index (χ2n) is 7.73. The molecule has 116 valence electrons. The summed E-state index contributed by atoms with van der Waals surface area (Å²) < 4.78 is 0. The molecule has 3 rings (SSSR count). The van der Waals surface area contributed by atoms with E-state index in [-0.39, 0.29) is 0 Å². The smallest absolute Gasteiger partial charge is 0.00461 e. The molecule has 1 aromatic carbocycles. The van der Waals surface area contributed by atoms with Gasteiger partial charge in [0.25, 0.3) is 0 Å². The van der Waals surface area contributed by atoms with Gasteiger partial charge < -0.3 is 5.73 Å². The van der Waals surface area contributed by atoms with Crippen LogP contribution in [-0.4, -0.2) is 6.54 Å². The van der Waals surface area contributed by atoms with Gasteiger partial charge in [0.2, 0.25) is 0 Å². The number of hydrogen-bond acceptors (Lipinski definition) is 1. The van der Waals surface area contributed by atoms with E-state index in [1.54, 1.807) is 16.7 Å². The zero-order valence-corrected chi connectivity index (χ0v) is 13.8. The second kappa shape index (κ2) is 6.52. The Hall–Kier alpha value is -0.820. The maximum Gasteiger partial charge on any atom is -0.00461 e. The first-order valence-electron chi connectivity index (χ1n) is 8.98. The van der Waals surface area contributed by atoms with Crippen molar-refractivity contribution in [1.82, 2.24) is 0 Å². The number of rotatable bonds is 4. The summed E-state index contributed by atoms with van der Waals surface area (Å²) in [5, 5.41) is 0. The molecule has 0 aliphatic heterocycles. The summed E-state index contributed by atoms with van der Waals surface area (Å²) >= 11 is 0. The van der Waals surface area contributed by atoms with Gasteiger partial charge in [-0.15, -0.1) is 0 Å². The van der Waals surface area contributed by atoms with Gasteiger partial charge in [-0.1, -0.05) is 32.0 Å². The van der Waals surface area contributed by atoms with Gasteiger partial charge in [0.15, 0.2) is 0 Å². The van der Waals surface area contributed by atoms with E-state index in [4.69, 9.17) is 5.73 Å². The Balaban J connectivity index is 1.71. The second-order valence-corrected chi connectivity index (χ2v) is 7.73. The Morgan fingerprint density at radius 3 is 2.67 bits per heavy atom. The predicted octanol–water partition coefficient (Wildman–Crippen LogP) is 4.37. The summed E-state index contributed by atoms with van der Waals surface area (Å²) in [6.45, 7) is 5.65. The molecule has 1 aromatic rings. The van der Waals surface area contributed by atoms with E-state index in [0.717, 1.165) is 30.2 Å². The number of fused-ring (bicyclic) bond motifs is 1. The standard InChI is InChI=1S/C20H31N/c1-14(2)17-8-9-19(13-21)20(12-17)11-15-6-7-16-4-3-5-18(16)10-15/h6-7,10,14,17,19-20H,3-5,8-9,11-13,21H2,1-2H3. The van der Waals surface area contributed by atoms with Gasteiger partial charge in [0.1, 0.15) is 0 Å². The number of benzene rings is 1. The first-order valence-corrected chi connectivity index (χ1v) is 8.98. The van der Waals surface area contributed by atoms with Gasteiger partial charge in [-0.05, 0) is 91.9 Å². The fourth-order valence-corrected chi connectivity index (χ4v) is 4.58. The highest BCUT2D eigenvalue weighted by Gasteiger charge is 2.31. The van der Waals surface area contributed by atoms with Crippen molar-refractivity contribution < 1.29 is 0 Å². The molecule has 0 amide bonds. The Kier molecular flexibility index (Phi) is 4.69. The summed E-state index contributed by atoms with van der Waals surface area (Å²) in [6, 6.07) is 7.27. The summed E-state index contributed by atoms with van der Waals surface area (Å²) in [4.78, 5) is 0. The van der Waals surface area contributed by atoms with E-state index in [1.807, 2.05) is 0 Å². The minimum atomic E-state index is 0.744. The Labute approximate surface area is 130 Å². The molecule has 21 heavy (non-hydrogen) atoms. The van der Waals surface area contributed by atoms with Gasteiger partial charge >= 0.3 is 0 Å². The molecule has 2 aliphatic carbocycles. The van der Waals surface area contributed by atoms with E-state index in [9.17, 15) is 0 Å². The lowest BCUT2D eigenvalue weighted by Crippen LogP contribution is -2.33. The molecule has 0 radical (unpaired) electrons. The van der Waals surface area contributed by atoms with Crippen molar-refractivity contribution in [3.8, 4) is 0 Å². The van der Waals surface area contributed by atoms with E-state index in [0.29, 0.717) is 0 Å². The van der Waals surface area contributed by atoms with Crippen molar-refractivity contribution >= 4 is 0 Å². The molecule has 1 nitrogen and oxygen atoms in total. The maximum absolute atomic E-state index is 6.06. The van der Waals surface area contributed by atoms with Crippen LogP contribution in [0.4, 0.5) is 0 Å². The van der Waals surface area contributed by atoms with Gasteiger partial charge in [-0.2, -0.15) is 0 Å². The zero-order valence-electron chi connectivity index (χ0n) is 13.8. The summed E-state index contributed by atoms with van der Waals surface area (Å²) in [7, 11) is 0. The van der Waals surface area contributed by atoms with Gasteiger partial charge in [-0.3, -0.25) is 0 Å². The van der Waals surface area contributed by atoms with Crippen LogP contribution < -0.4 is 5.73 Å². The molecular weight excluding hydrogens is 254 g/mol. The lowest BCUT2D eigenvalue weighted by Gasteiger charge is -2.37. The van der Waals surface area contributed by atoms with Gasteiger partial charge in [-0.25, -0.2) is 0 Å². The van der Waals surface area contributed by atoms with Crippen molar-refractivity contribution in [3.05, 3.63) is 34.9 Å². The summed E-state index contributed by atoms with van der Waals surface area (Å²) in [5.74, 6) is 3.28. The Bertz CT molecular complexity index is 477. The number of aryl methyl sites for hydroxylation is 2. The molecule has 3 atom stereocenters. The molecule has 0 heterocycles. The van der Waals surface area contributed by atoms with Gasteiger partial charge in [0.05, 0.1) is 0 Å². The topological polar surface area (TPSA) is 26.0 Å². The van der Waals surface area contributed by atoms with E-state index >= 15 is 0 Å². The highest BCUT2D eigenvalue weighted by atomic mass is 14.6. The van der Waals surface area contributed by atoms with Gasteiger partial charge in [0, 0.05) is 0 Å². The van der Waals surface area contributed by atoms with E-state index in [2.05, 4.69) is 32.0 Å². The van der Waals surface area contributed by atoms with Crippen LogP contribution in [0.25, 0.3) is 0 Å². The minimum absolute atomic E-state index is 0.744. The van der Waals surface area contributed by atoms with Crippen LogP contribution in [0.1, 0.15) is 56.2 Å². The summed E-state index contributed by atoms with van der Waals surface area (Å²) in [5.41, 5.74) is 10.8. The molecular formula is C20H31N. The fraction of sp³-hybridized carbons (Fsp3) is 0.700. The normalized spacial score (nSPS) is 28.9. The minimum Gasteiger partial charge on any atom is -0.330 e. The van der Waals surface area contributed by atoms with Crippen molar-refractivity contribution in [1.29, 1.82) is 0 Å². The average Bonchev–Trinajstić information content (AvgIpc) is 2.94. The van der Waals surface area contributed by atoms with Crippen LogP contribution >= 0.6 is 0 Å². The van der Waals surface area contributed by atoms with Crippen LogP contribution in [0, 0.1) is 23.7 Å². The van der Waals surface area contributed by atoms with Crippen LogP contribution in [0.2, 0.25) is 0 Å². The van der Waals surface area contributed by atoms with Crippen LogP contribution in [0.15, 0.2) is 18.2 Å². The monoisotopic (exact) mass is 285 g/mol. The average molecular weight is 285 g/mol. The lowest BCUT2D eigenvalue weighted by atomic mass is 9.69. The third kappa shape index (κ3) is 3.34. The predicted molar refractivity (Wildman–Crippen MR) is 90.4 cm³/mol. The fourth-order valence-electron chi connectivity index (χ4n) is 4.58. The SMILES string of the molecule is CC(C)C1CCC(CN)C(Cc2ccc3c(c2)CCC3)C1. The molecule has 2 N–H and O–H groups in total. The number of nitrogens with two attached hydrogens (primary N) is 1. The molecule has 2 aliphatic rings. The first-order chi connectivity index (χ1) is 10.2. The van der Waals surface area contributed by atoms with Crippen molar-refractivity contribution in [2.24, 2.45) is 29.4 Å². The highest BCUT2D eigenvalue weighted by Crippen LogP contribution is 2.39. The van der Waals surface area contributed by atoms with Crippen molar-refractivity contribution in [3.63, 3.8) is 0 Å².